The third-order valence-electron chi connectivity index (χ3n) is 1.70. The molecule has 0 N–H and O–H groups in total. The summed E-state index contributed by atoms with van der Waals surface area (Å²) < 4.78 is 1.46. The van der Waals surface area contributed by atoms with Crippen molar-refractivity contribution in [3.63, 3.8) is 0 Å². The number of thioether (sulfide) groups is 1. The lowest BCUT2D eigenvalue weighted by atomic mass is 10.2. The van der Waals surface area contributed by atoms with Gasteiger partial charge in [0, 0.05) is 6.20 Å². The monoisotopic (exact) mass is 250 g/mol. The number of hydrogen-bond donors (Lipinski definition) is 0. The average Bonchev–Trinajstić information content (AvgIpc) is 2.66. The molecule has 0 aliphatic rings. The predicted molar refractivity (Wildman–Crippen MR) is 66.8 cm³/mol. The Morgan fingerprint density at radius 1 is 1.62 bits per heavy atom. The lowest BCUT2D eigenvalue weighted by Crippen LogP contribution is -2.18. The lowest BCUT2D eigenvalue weighted by molar-refractivity contribution is 0.904. The summed E-state index contributed by atoms with van der Waals surface area (Å²) >= 11 is 6.44. The highest BCUT2D eigenvalue weighted by Gasteiger charge is 2.21. The summed E-state index contributed by atoms with van der Waals surface area (Å²) in [6, 6.07) is 5.92. The van der Waals surface area contributed by atoms with Gasteiger partial charge in [-0.15, -0.1) is 0 Å². The molecule has 0 saturated heterocycles. The van der Waals surface area contributed by atoms with E-state index in [0.29, 0.717) is 10.0 Å². The van der Waals surface area contributed by atoms with Crippen molar-refractivity contribution in [1.29, 1.82) is 10.5 Å². The number of aromatic nitrogens is 2. The molecule has 0 spiro atoms. The molecule has 0 saturated carbocycles. The van der Waals surface area contributed by atoms with E-state index in [0.717, 1.165) is 0 Å². The molecule has 0 aliphatic heterocycles. The van der Waals surface area contributed by atoms with Crippen molar-refractivity contribution in [3.05, 3.63) is 18.0 Å². The smallest absolute Gasteiger partial charge is 0.162 e. The summed E-state index contributed by atoms with van der Waals surface area (Å²) in [6.45, 7) is 3.59. The van der Waals surface area contributed by atoms with Gasteiger partial charge in [0.15, 0.2) is 4.32 Å². The van der Waals surface area contributed by atoms with Crippen molar-refractivity contribution >= 4 is 28.3 Å². The molecule has 82 valence electrons. The zero-order valence-electron chi connectivity index (χ0n) is 8.97. The fraction of sp³-hybridized carbons (Fsp3) is 0.400. The molecule has 0 fully saturated rings. The number of nitriles is 2. The topological polar surface area (TPSA) is 65.4 Å². The molecule has 6 heteroatoms. The van der Waals surface area contributed by atoms with Crippen LogP contribution in [0.25, 0.3) is 0 Å². The van der Waals surface area contributed by atoms with Crippen LogP contribution in [-0.2, 0) is 6.42 Å². The molecular formula is C10H10N4S2. The molecule has 0 radical (unpaired) electrons. The maximum absolute atomic E-state index is 8.88. The maximum Gasteiger partial charge on any atom is 0.162 e. The second-order valence-electron chi connectivity index (χ2n) is 3.58. The van der Waals surface area contributed by atoms with Gasteiger partial charge in [-0.2, -0.15) is 15.6 Å². The van der Waals surface area contributed by atoms with Crippen molar-refractivity contribution in [2.45, 2.75) is 25.0 Å². The van der Waals surface area contributed by atoms with Crippen molar-refractivity contribution in [1.82, 2.24) is 9.78 Å². The first-order chi connectivity index (χ1) is 7.48. The van der Waals surface area contributed by atoms with Crippen LogP contribution in [0.15, 0.2) is 12.3 Å². The number of rotatable bonds is 2. The van der Waals surface area contributed by atoms with Crippen LogP contribution in [0.1, 0.15) is 19.5 Å². The molecule has 4 nitrogen and oxygen atoms in total. The van der Waals surface area contributed by atoms with Crippen molar-refractivity contribution in [2.75, 3.05) is 0 Å². The predicted octanol–water partition coefficient (Wildman–Crippen LogP) is 2.12. The van der Waals surface area contributed by atoms with Gasteiger partial charge >= 0.3 is 0 Å². The van der Waals surface area contributed by atoms with Crippen molar-refractivity contribution in [3.8, 4) is 12.1 Å². The van der Waals surface area contributed by atoms with E-state index in [1.807, 2.05) is 6.07 Å². The van der Waals surface area contributed by atoms with E-state index in [1.165, 1.54) is 16.4 Å². The first-order valence-electron chi connectivity index (χ1n) is 4.54. The molecule has 1 rings (SSSR count). The van der Waals surface area contributed by atoms with Gasteiger partial charge in [0.25, 0.3) is 0 Å². The summed E-state index contributed by atoms with van der Waals surface area (Å²) in [6.07, 6.45) is 1.97. The molecule has 1 aromatic rings. The quantitative estimate of drug-likeness (QED) is 0.752. The van der Waals surface area contributed by atoms with Crippen LogP contribution in [-0.4, -0.2) is 18.8 Å². The Bertz CT molecular complexity index is 476. The standard InChI is InChI=1S/C10H10N4S2/c1-10(2,7-12)16-9(15)14-6-4-8(13-14)3-5-11/h4,6H,3H2,1-2H3. The molecule has 0 bridgehead atoms. The normalized spacial score (nSPS) is 10.5. The largest absolute Gasteiger partial charge is 0.223 e. The Labute approximate surface area is 104 Å². The van der Waals surface area contributed by atoms with E-state index in [1.54, 1.807) is 26.1 Å². The first-order valence-corrected chi connectivity index (χ1v) is 5.77. The summed E-state index contributed by atoms with van der Waals surface area (Å²) in [7, 11) is 0. The SMILES string of the molecule is CC(C)(C#N)SC(=S)n1ccc(CC#N)n1. The van der Waals surface area contributed by atoms with Crippen molar-refractivity contribution in [2.24, 2.45) is 0 Å². The number of thiocarbonyl (C=S) groups is 1. The lowest BCUT2D eigenvalue weighted by Gasteiger charge is -2.14. The minimum atomic E-state index is -0.571. The Hall–Kier alpha value is -1.37. The zero-order chi connectivity index (χ0) is 12.2. The molecule has 0 atom stereocenters. The van der Waals surface area contributed by atoms with E-state index >= 15 is 0 Å². The van der Waals surface area contributed by atoms with Gasteiger partial charge in [-0.3, -0.25) is 0 Å². The van der Waals surface area contributed by atoms with E-state index in [9.17, 15) is 0 Å². The van der Waals surface area contributed by atoms with E-state index < -0.39 is 4.75 Å². The van der Waals surface area contributed by atoms with E-state index in [2.05, 4.69) is 11.2 Å². The number of nitrogens with zero attached hydrogens (tertiary/aromatic N) is 4. The average molecular weight is 250 g/mol. The maximum atomic E-state index is 8.88. The van der Waals surface area contributed by atoms with Gasteiger partial charge in [-0.05, 0) is 19.9 Å². The second kappa shape index (κ2) is 5.11. The van der Waals surface area contributed by atoms with Crippen LogP contribution in [0.2, 0.25) is 0 Å². The molecule has 1 aromatic heterocycles. The Morgan fingerprint density at radius 3 is 2.88 bits per heavy atom. The van der Waals surface area contributed by atoms with Crippen LogP contribution < -0.4 is 0 Å². The van der Waals surface area contributed by atoms with Gasteiger partial charge in [-0.25, -0.2) is 4.68 Å². The highest BCUT2D eigenvalue weighted by molar-refractivity contribution is 8.24. The van der Waals surface area contributed by atoms with Crippen LogP contribution in [0.3, 0.4) is 0 Å². The van der Waals surface area contributed by atoms with E-state index in [-0.39, 0.29) is 6.42 Å². The van der Waals surface area contributed by atoms with Crippen LogP contribution >= 0.6 is 24.0 Å². The van der Waals surface area contributed by atoms with Crippen LogP contribution in [0.4, 0.5) is 0 Å². The van der Waals surface area contributed by atoms with E-state index in [4.69, 9.17) is 22.7 Å². The molecular weight excluding hydrogens is 240 g/mol. The van der Waals surface area contributed by atoms with Gasteiger partial charge < -0.3 is 0 Å². The Kier molecular flexibility index (Phi) is 4.05. The summed E-state index contributed by atoms with van der Waals surface area (Å²) in [5.74, 6) is 0. The summed E-state index contributed by atoms with van der Waals surface area (Å²) in [4.78, 5) is 0. The molecule has 0 aliphatic carbocycles. The minimum absolute atomic E-state index is 0.266. The summed E-state index contributed by atoms with van der Waals surface area (Å²) in [5, 5.41) is 21.5. The molecule has 1 heterocycles. The molecule has 0 unspecified atom stereocenters. The van der Waals surface area contributed by atoms with Gasteiger partial charge in [0.1, 0.15) is 4.75 Å². The molecule has 0 aromatic carbocycles. The van der Waals surface area contributed by atoms with Gasteiger partial charge in [0.2, 0.25) is 0 Å². The first kappa shape index (κ1) is 12.7. The second-order valence-corrected chi connectivity index (χ2v) is 5.83. The van der Waals surface area contributed by atoms with Crippen LogP contribution in [0.5, 0.6) is 0 Å². The highest BCUT2D eigenvalue weighted by Crippen LogP contribution is 2.25. The fourth-order valence-electron chi connectivity index (χ4n) is 0.927. The van der Waals surface area contributed by atoms with Crippen molar-refractivity contribution < 1.29 is 0 Å². The molecule has 16 heavy (non-hydrogen) atoms. The van der Waals surface area contributed by atoms with Crippen LogP contribution in [0, 0.1) is 22.7 Å². The minimum Gasteiger partial charge on any atom is -0.223 e. The highest BCUT2D eigenvalue weighted by atomic mass is 32.2. The third-order valence-corrected chi connectivity index (χ3v) is 3.10. The van der Waals surface area contributed by atoms with Gasteiger partial charge in [0.05, 0.1) is 24.3 Å². The Morgan fingerprint density at radius 2 is 2.31 bits per heavy atom. The van der Waals surface area contributed by atoms with Gasteiger partial charge in [-0.1, -0.05) is 24.0 Å². The fourth-order valence-corrected chi connectivity index (χ4v) is 2.33. The molecule has 0 amide bonds. The Balaban J connectivity index is 2.75. The summed E-state index contributed by atoms with van der Waals surface area (Å²) in [5.41, 5.74) is 0.681. The zero-order valence-corrected chi connectivity index (χ0v) is 10.6. The third kappa shape index (κ3) is 3.34. The number of hydrogen-bond acceptors (Lipinski definition) is 5.